The van der Waals surface area contributed by atoms with Gasteiger partial charge in [0.15, 0.2) is 6.61 Å². The summed E-state index contributed by atoms with van der Waals surface area (Å²) in [6, 6.07) is 10.1. The van der Waals surface area contributed by atoms with E-state index in [0.717, 1.165) is 5.56 Å². The fourth-order valence-electron chi connectivity index (χ4n) is 2.88. The molecule has 2 atom stereocenters. The summed E-state index contributed by atoms with van der Waals surface area (Å²) in [5.41, 5.74) is 1.64. The van der Waals surface area contributed by atoms with Gasteiger partial charge in [-0.25, -0.2) is 4.79 Å². The summed E-state index contributed by atoms with van der Waals surface area (Å²) in [6.45, 7) is 2.90. The van der Waals surface area contributed by atoms with Gasteiger partial charge in [0.1, 0.15) is 17.2 Å². The van der Waals surface area contributed by atoms with Crippen LogP contribution >= 0.6 is 11.8 Å². The van der Waals surface area contributed by atoms with E-state index < -0.39 is 24.5 Å². The third kappa shape index (κ3) is 4.51. The number of aryl methyl sites for hydroxylation is 1. The smallest absolute Gasteiger partial charge is 0.330 e. The summed E-state index contributed by atoms with van der Waals surface area (Å²) in [6.07, 6.45) is 1.52. The van der Waals surface area contributed by atoms with E-state index >= 15 is 0 Å². The van der Waals surface area contributed by atoms with Crippen LogP contribution in [-0.2, 0) is 19.1 Å². The first-order valence-corrected chi connectivity index (χ1v) is 9.47. The Balaban J connectivity index is 1.58. The first kappa shape index (κ1) is 19.0. The molecular formula is C19H20N2O5S. The number of hydrogen-bond donors (Lipinski definition) is 1. The van der Waals surface area contributed by atoms with E-state index in [1.54, 1.807) is 18.2 Å². The van der Waals surface area contributed by atoms with E-state index in [2.05, 4.69) is 5.32 Å². The Morgan fingerprint density at radius 1 is 1.30 bits per heavy atom. The maximum absolute atomic E-state index is 12.4. The maximum atomic E-state index is 12.4. The van der Waals surface area contributed by atoms with Crippen molar-refractivity contribution in [3.05, 3.63) is 54.0 Å². The lowest BCUT2D eigenvalue weighted by Gasteiger charge is -2.25. The number of rotatable bonds is 5. The van der Waals surface area contributed by atoms with Crippen LogP contribution in [0.25, 0.3) is 0 Å². The third-order valence-electron chi connectivity index (χ3n) is 4.07. The fourth-order valence-corrected chi connectivity index (χ4v) is 4.29. The second kappa shape index (κ2) is 8.30. The molecule has 0 saturated carbocycles. The molecule has 1 saturated heterocycles. The quantitative estimate of drug-likeness (QED) is 0.793. The zero-order chi connectivity index (χ0) is 19.4. The third-order valence-corrected chi connectivity index (χ3v) is 5.35. The van der Waals surface area contributed by atoms with Crippen LogP contribution in [0.5, 0.6) is 0 Å². The number of anilines is 1. The SMILES string of the molecule is CC(=O)N1[C@@H](c2ccco2)SC[C@H]1C(=O)OCC(=O)Nc1cccc(C)c1. The van der Waals surface area contributed by atoms with Gasteiger partial charge in [0.25, 0.3) is 5.91 Å². The Morgan fingerprint density at radius 3 is 2.78 bits per heavy atom. The van der Waals surface area contributed by atoms with E-state index in [0.29, 0.717) is 17.2 Å². The average Bonchev–Trinajstić information content (AvgIpc) is 3.28. The van der Waals surface area contributed by atoms with Crippen molar-refractivity contribution in [1.82, 2.24) is 4.90 Å². The highest BCUT2D eigenvalue weighted by molar-refractivity contribution is 7.99. The van der Waals surface area contributed by atoms with Gasteiger partial charge in [-0.05, 0) is 36.8 Å². The summed E-state index contributed by atoms with van der Waals surface area (Å²) < 4.78 is 10.5. The number of furan rings is 1. The van der Waals surface area contributed by atoms with Gasteiger partial charge >= 0.3 is 5.97 Å². The normalized spacial score (nSPS) is 19.0. The molecule has 1 aliphatic rings. The molecule has 7 nitrogen and oxygen atoms in total. The summed E-state index contributed by atoms with van der Waals surface area (Å²) in [7, 11) is 0. The molecule has 1 aromatic carbocycles. The molecule has 1 aromatic heterocycles. The van der Waals surface area contributed by atoms with Gasteiger partial charge in [0.05, 0.1) is 6.26 Å². The van der Waals surface area contributed by atoms with Gasteiger partial charge in [-0.2, -0.15) is 0 Å². The molecule has 2 amide bonds. The highest BCUT2D eigenvalue weighted by atomic mass is 32.2. The predicted molar refractivity (Wildman–Crippen MR) is 101 cm³/mol. The number of benzene rings is 1. The molecule has 1 fully saturated rings. The number of esters is 1. The van der Waals surface area contributed by atoms with Crippen molar-refractivity contribution in [3.63, 3.8) is 0 Å². The molecule has 8 heteroatoms. The lowest BCUT2D eigenvalue weighted by atomic mass is 10.2. The van der Waals surface area contributed by atoms with E-state index in [-0.39, 0.29) is 11.3 Å². The fraction of sp³-hybridized carbons (Fsp3) is 0.316. The Hall–Kier alpha value is -2.74. The van der Waals surface area contributed by atoms with Crippen LogP contribution < -0.4 is 5.32 Å². The van der Waals surface area contributed by atoms with Crippen LogP contribution in [-0.4, -0.2) is 41.1 Å². The molecule has 2 heterocycles. The zero-order valence-electron chi connectivity index (χ0n) is 15.0. The maximum Gasteiger partial charge on any atom is 0.330 e. The van der Waals surface area contributed by atoms with E-state index in [9.17, 15) is 14.4 Å². The first-order chi connectivity index (χ1) is 13.0. The molecule has 0 spiro atoms. The molecule has 0 radical (unpaired) electrons. The molecule has 27 heavy (non-hydrogen) atoms. The van der Waals surface area contributed by atoms with Crippen molar-refractivity contribution in [2.24, 2.45) is 0 Å². The van der Waals surface area contributed by atoms with Gasteiger partial charge in [0.2, 0.25) is 5.91 Å². The first-order valence-electron chi connectivity index (χ1n) is 8.43. The van der Waals surface area contributed by atoms with E-state index in [1.165, 1.54) is 29.8 Å². The number of amides is 2. The van der Waals surface area contributed by atoms with E-state index in [1.807, 2.05) is 25.1 Å². The topological polar surface area (TPSA) is 88.8 Å². The van der Waals surface area contributed by atoms with Crippen molar-refractivity contribution < 1.29 is 23.5 Å². The minimum absolute atomic E-state index is 0.257. The van der Waals surface area contributed by atoms with Gasteiger partial charge in [0, 0.05) is 18.4 Å². The molecule has 1 aliphatic heterocycles. The highest BCUT2D eigenvalue weighted by Gasteiger charge is 2.43. The Kier molecular flexibility index (Phi) is 5.85. The Bertz CT molecular complexity index is 836. The number of carbonyl (C=O) groups is 3. The molecule has 2 aromatic rings. The number of ether oxygens (including phenoxy) is 1. The molecule has 142 valence electrons. The second-order valence-electron chi connectivity index (χ2n) is 6.17. The molecular weight excluding hydrogens is 368 g/mol. The van der Waals surface area contributed by atoms with Crippen LogP contribution in [0, 0.1) is 6.92 Å². The highest BCUT2D eigenvalue weighted by Crippen LogP contribution is 2.41. The van der Waals surface area contributed by atoms with Crippen LogP contribution in [0.4, 0.5) is 5.69 Å². The van der Waals surface area contributed by atoms with Gasteiger partial charge in [-0.3, -0.25) is 9.59 Å². The van der Waals surface area contributed by atoms with Crippen LogP contribution in [0.15, 0.2) is 47.1 Å². The van der Waals surface area contributed by atoms with Gasteiger partial charge in [-0.1, -0.05) is 12.1 Å². The van der Waals surface area contributed by atoms with Crippen molar-refractivity contribution in [2.45, 2.75) is 25.3 Å². The number of hydrogen-bond acceptors (Lipinski definition) is 6. The predicted octanol–water partition coefficient (Wildman–Crippen LogP) is 2.73. The van der Waals surface area contributed by atoms with Crippen molar-refractivity contribution in [1.29, 1.82) is 0 Å². The molecule has 0 aliphatic carbocycles. The molecule has 0 bridgehead atoms. The van der Waals surface area contributed by atoms with Crippen molar-refractivity contribution in [2.75, 3.05) is 17.7 Å². The number of carbonyl (C=O) groups excluding carboxylic acids is 3. The van der Waals surface area contributed by atoms with Crippen molar-refractivity contribution in [3.8, 4) is 0 Å². The minimum atomic E-state index is -0.755. The monoisotopic (exact) mass is 388 g/mol. The Morgan fingerprint density at radius 2 is 2.11 bits per heavy atom. The van der Waals surface area contributed by atoms with Gasteiger partial charge < -0.3 is 19.4 Å². The summed E-state index contributed by atoms with van der Waals surface area (Å²) in [4.78, 5) is 38.0. The van der Waals surface area contributed by atoms with Gasteiger partial charge in [-0.15, -0.1) is 11.8 Å². The number of nitrogens with zero attached hydrogens (tertiary/aromatic N) is 1. The standard InChI is InChI=1S/C19H20N2O5S/c1-12-5-3-6-14(9-12)20-17(23)10-26-19(24)15-11-27-18(21(15)13(2)22)16-7-4-8-25-16/h3-9,15,18H,10-11H2,1-2H3,(H,20,23)/t15-,18+/m0/s1. The summed E-state index contributed by atoms with van der Waals surface area (Å²) >= 11 is 1.42. The summed E-state index contributed by atoms with van der Waals surface area (Å²) in [5.74, 6) is -0.318. The minimum Gasteiger partial charge on any atom is -0.466 e. The number of thioether (sulfide) groups is 1. The second-order valence-corrected chi connectivity index (χ2v) is 7.28. The van der Waals surface area contributed by atoms with Crippen LogP contribution in [0.3, 0.4) is 0 Å². The molecule has 0 unspecified atom stereocenters. The lowest BCUT2D eigenvalue weighted by molar-refractivity contribution is -0.155. The van der Waals surface area contributed by atoms with Crippen molar-refractivity contribution >= 4 is 35.2 Å². The summed E-state index contributed by atoms with van der Waals surface area (Å²) in [5, 5.41) is 2.30. The molecule has 3 rings (SSSR count). The Labute approximate surface area is 161 Å². The largest absolute Gasteiger partial charge is 0.466 e. The van der Waals surface area contributed by atoms with E-state index in [4.69, 9.17) is 9.15 Å². The number of nitrogens with one attached hydrogen (secondary N) is 1. The van der Waals surface area contributed by atoms with Crippen LogP contribution in [0.1, 0.15) is 23.6 Å². The lowest BCUT2D eigenvalue weighted by Crippen LogP contribution is -2.43. The average molecular weight is 388 g/mol. The van der Waals surface area contributed by atoms with Crippen LogP contribution in [0.2, 0.25) is 0 Å². The zero-order valence-corrected chi connectivity index (χ0v) is 15.8. The molecule has 1 N–H and O–H groups in total.